The van der Waals surface area contributed by atoms with Crippen molar-refractivity contribution in [1.82, 2.24) is 5.32 Å². The van der Waals surface area contributed by atoms with E-state index in [2.05, 4.69) is 5.32 Å². The van der Waals surface area contributed by atoms with E-state index in [0.29, 0.717) is 12.8 Å². The van der Waals surface area contributed by atoms with Gasteiger partial charge in [-0.05, 0) is 31.0 Å². The maximum atomic E-state index is 6.21. The second kappa shape index (κ2) is 4.70. The minimum atomic E-state index is 0. The standard InChI is InChI=1S/C11H12ClNO2.ClH/c12-8-5-11-10(14-6-15-11)4-7(8)9-2-1-3-13-9;/h4-5,9,13H,1-3,6H2;1H/t9-;/m1./s1. The van der Waals surface area contributed by atoms with Crippen LogP contribution in [0.5, 0.6) is 11.5 Å². The Morgan fingerprint density at radius 2 is 2.00 bits per heavy atom. The molecule has 0 saturated carbocycles. The SMILES string of the molecule is Cl.Clc1cc2c(cc1[C@H]1CCCN1)OCO2. The molecule has 0 amide bonds. The zero-order valence-corrected chi connectivity index (χ0v) is 10.2. The summed E-state index contributed by atoms with van der Waals surface area (Å²) in [4.78, 5) is 0. The number of halogens is 2. The van der Waals surface area contributed by atoms with E-state index in [1.165, 1.54) is 6.42 Å². The summed E-state index contributed by atoms with van der Waals surface area (Å²) in [6.07, 6.45) is 2.34. The van der Waals surface area contributed by atoms with E-state index in [9.17, 15) is 0 Å². The van der Waals surface area contributed by atoms with Gasteiger partial charge in [0.1, 0.15) is 0 Å². The van der Waals surface area contributed by atoms with E-state index in [1.807, 2.05) is 12.1 Å². The van der Waals surface area contributed by atoms with Gasteiger partial charge < -0.3 is 14.8 Å². The molecule has 2 aliphatic heterocycles. The highest BCUT2D eigenvalue weighted by Crippen LogP contribution is 2.40. The molecule has 0 radical (unpaired) electrons. The Morgan fingerprint density at radius 3 is 2.69 bits per heavy atom. The second-order valence-electron chi connectivity index (χ2n) is 3.88. The molecule has 88 valence electrons. The van der Waals surface area contributed by atoms with Crippen LogP contribution in [0.1, 0.15) is 24.4 Å². The molecule has 0 bridgehead atoms. The van der Waals surface area contributed by atoms with Crippen LogP contribution in [0.25, 0.3) is 0 Å². The van der Waals surface area contributed by atoms with E-state index in [4.69, 9.17) is 21.1 Å². The van der Waals surface area contributed by atoms with Gasteiger partial charge in [0.15, 0.2) is 11.5 Å². The summed E-state index contributed by atoms with van der Waals surface area (Å²) in [6, 6.07) is 4.21. The molecule has 1 atom stereocenters. The Kier molecular flexibility index (Phi) is 3.47. The van der Waals surface area contributed by atoms with Crippen molar-refractivity contribution in [1.29, 1.82) is 0 Å². The van der Waals surface area contributed by atoms with Gasteiger partial charge in [0.25, 0.3) is 0 Å². The molecule has 1 saturated heterocycles. The molecular formula is C11H13Cl2NO2. The molecule has 16 heavy (non-hydrogen) atoms. The number of fused-ring (bicyclic) bond motifs is 1. The number of hydrogen-bond donors (Lipinski definition) is 1. The van der Waals surface area contributed by atoms with Gasteiger partial charge in [-0.15, -0.1) is 12.4 Å². The largest absolute Gasteiger partial charge is 0.454 e. The van der Waals surface area contributed by atoms with E-state index in [0.717, 1.165) is 35.1 Å². The number of nitrogens with one attached hydrogen (secondary N) is 1. The zero-order valence-electron chi connectivity index (χ0n) is 8.66. The molecule has 5 heteroatoms. The lowest BCUT2D eigenvalue weighted by Crippen LogP contribution is -2.13. The molecular weight excluding hydrogens is 249 g/mol. The fourth-order valence-electron chi connectivity index (χ4n) is 2.15. The highest BCUT2D eigenvalue weighted by Gasteiger charge is 2.23. The molecule has 3 nitrogen and oxygen atoms in total. The third-order valence-electron chi connectivity index (χ3n) is 2.93. The highest BCUT2D eigenvalue weighted by molar-refractivity contribution is 6.31. The first kappa shape index (κ1) is 11.8. The van der Waals surface area contributed by atoms with Crippen LogP contribution in [0.3, 0.4) is 0 Å². The molecule has 1 N–H and O–H groups in total. The normalized spacial score (nSPS) is 21.9. The minimum absolute atomic E-state index is 0. The van der Waals surface area contributed by atoms with Crippen LogP contribution in [0.2, 0.25) is 5.02 Å². The monoisotopic (exact) mass is 261 g/mol. The van der Waals surface area contributed by atoms with Crippen molar-refractivity contribution >= 4 is 24.0 Å². The van der Waals surface area contributed by atoms with Crippen LogP contribution >= 0.6 is 24.0 Å². The van der Waals surface area contributed by atoms with Gasteiger partial charge in [-0.1, -0.05) is 11.6 Å². The number of benzene rings is 1. The van der Waals surface area contributed by atoms with Crippen molar-refractivity contribution in [3.8, 4) is 11.5 Å². The topological polar surface area (TPSA) is 30.5 Å². The van der Waals surface area contributed by atoms with Crippen LogP contribution in [-0.4, -0.2) is 13.3 Å². The van der Waals surface area contributed by atoms with Crippen LogP contribution in [0.4, 0.5) is 0 Å². The summed E-state index contributed by atoms with van der Waals surface area (Å²) >= 11 is 6.21. The van der Waals surface area contributed by atoms with Crippen molar-refractivity contribution in [3.63, 3.8) is 0 Å². The molecule has 1 aromatic carbocycles. The Labute approximate surface area is 105 Å². The Hall–Kier alpha value is -0.640. The molecule has 3 rings (SSSR count). The van der Waals surface area contributed by atoms with Crippen molar-refractivity contribution < 1.29 is 9.47 Å². The lowest BCUT2D eigenvalue weighted by molar-refractivity contribution is 0.174. The smallest absolute Gasteiger partial charge is 0.231 e. The van der Waals surface area contributed by atoms with Crippen LogP contribution in [0.15, 0.2) is 12.1 Å². The third-order valence-corrected chi connectivity index (χ3v) is 3.25. The summed E-state index contributed by atoms with van der Waals surface area (Å²) in [6.45, 7) is 1.36. The molecule has 1 aromatic rings. The van der Waals surface area contributed by atoms with E-state index >= 15 is 0 Å². The first-order chi connectivity index (χ1) is 7.34. The zero-order chi connectivity index (χ0) is 10.3. The average Bonchev–Trinajstić information content (AvgIpc) is 2.85. The van der Waals surface area contributed by atoms with Gasteiger partial charge in [-0.25, -0.2) is 0 Å². The summed E-state index contributed by atoms with van der Waals surface area (Å²) in [5, 5.41) is 4.19. The third kappa shape index (κ3) is 1.95. The predicted molar refractivity (Wildman–Crippen MR) is 64.8 cm³/mol. The molecule has 0 aromatic heterocycles. The first-order valence-electron chi connectivity index (χ1n) is 5.17. The van der Waals surface area contributed by atoms with Crippen LogP contribution in [0, 0.1) is 0 Å². The lowest BCUT2D eigenvalue weighted by Gasteiger charge is -2.13. The number of hydrogen-bond acceptors (Lipinski definition) is 3. The number of rotatable bonds is 1. The van der Waals surface area contributed by atoms with Crippen molar-refractivity contribution in [2.24, 2.45) is 0 Å². The first-order valence-corrected chi connectivity index (χ1v) is 5.55. The summed E-state index contributed by atoms with van der Waals surface area (Å²) in [5.41, 5.74) is 1.12. The molecule has 0 spiro atoms. The van der Waals surface area contributed by atoms with Gasteiger partial charge in [0.2, 0.25) is 6.79 Å². The summed E-state index contributed by atoms with van der Waals surface area (Å²) in [7, 11) is 0. The lowest BCUT2D eigenvalue weighted by atomic mass is 10.0. The maximum absolute atomic E-state index is 6.21. The van der Waals surface area contributed by atoms with Gasteiger partial charge in [-0.3, -0.25) is 0 Å². The molecule has 0 aliphatic carbocycles. The average molecular weight is 262 g/mol. The van der Waals surface area contributed by atoms with E-state index in [-0.39, 0.29) is 12.4 Å². The summed E-state index contributed by atoms with van der Waals surface area (Å²) < 4.78 is 10.6. The highest BCUT2D eigenvalue weighted by atomic mass is 35.5. The molecule has 1 fully saturated rings. The van der Waals surface area contributed by atoms with E-state index in [1.54, 1.807) is 0 Å². The fraction of sp³-hybridized carbons (Fsp3) is 0.455. The number of ether oxygens (including phenoxy) is 2. The Morgan fingerprint density at radius 1 is 1.25 bits per heavy atom. The maximum Gasteiger partial charge on any atom is 0.231 e. The van der Waals surface area contributed by atoms with Gasteiger partial charge in [0.05, 0.1) is 0 Å². The minimum Gasteiger partial charge on any atom is -0.454 e. The molecule has 2 aliphatic rings. The van der Waals surface area contributed by atoms with Crippen LogP contribution in [-0.2, 0) is 0 Å². The van der Waals surface area contributed by atoms with Gasteiger partial charge in [0, 0.05) is 17.1 Å². The van der Waals surface area contributed by atoms with Gasteiger partial charge in [-0.2, -0.15) is 0 Å². The van der Waals surface area contributed by atoms with Gasteiger partial charge >= 0.3 is 0 Å². The quantitative estimate of drug-likeness (QED) is 0.844. The molecule has 0 unspecified atom stereocenters. The molecule has 2 heterocycles. The fourth-order valence-corrected chi connectivity index (χ4v) is 2.44. The van der Waals surface area contributed by atoms with Crippen molar-refractivity contribution in [3.05, 3.63) is 22.7 Å². The van der Waals surface area contributed by atoms with Crippen molar-refractivity contribution in [2.75, 3.05) is 13.3 Å². The van der Waals surface area contributed by atoms with Crippen LogP contribution < -0.4 is 14.8 Å². The summed E-state index contributed by atoms with van der Waals surface area (Å²) in [5.74, 6) is 1.56. The van der Waals surface area contributed by atoms with Crippen molar-refractivity contribution in [2.45, 2.75) is 18.9 Å². The Bertz CT molecular complexity index is 392. The second-order valence-corrected chi connectivity index (χ2v) is 4.28. The Balaban J connectivity index is 0.000000963. The van der Waals surface area contributed by atoms with E-state index < -0.39 is 0 Å². The predicted octanol–water partition coefficient (Wildman–Crippen LogP) is 2.92.